The lowest BCUT2D eigenvalue weighted by Crippen LogP contribution is -2.11. The van der Waals surface area contributed by atoms with Gasteiger partial charge in [0, 0.05) is 12.1 Å². The molecule has 0 heterocycles. The zero-order chi connectivity index (χ0) is 17.7. The Morgan fingerprint density at radius 1 is 1.12 bits per heavy atom. The van der Waals surface area contributed by atoms with Crippen molar-refractivity contribution in [2.75, 3.05) is 12.4 Å². The third-order valence-electron chi connectivity index (χ3n) is 3.12. The van der Waals surface area contributed by atoms with Gasteiger partial charge in [0.05, 0.1) is 18.4 Å². The number of anilines is 1. The average Bonchev–Trinajstić information content (AvgIpc) is 2.53. The predicted molar refractivity (Wildman–Crippen MR) is 87.4 cm³/mol. The predicted octanol–water partition coefficient (Wildman–Crippen LogP) is 2.46. The van der Waals surface area contributed by atoms with Crippen molar-refractivity contribution >= 4 is 23.6 Å². The Hall–Kier alpha value is -3.48. The number of amides is 1. The molecule has 1 amide bonds. The van der Waals surface area contributed by atoms with Crippen molar-refractivity contribution in [2.24, 2.45) is 0 Å². The number of ether oxygens (including phenoxy) is 1. The van der Waals surface area contributed by atoms with Crippen molar-refractivity contribution in [3.8, 4) is 17.2 Å². The van der Waals surface area contributed by atoms with E-state index in [4.69, 9.17) is 9.84 Å². The van der Waals surface area contributed by atoms with Gasteiger partial charge in [0.15, 0.2) is 11.5 Å². The van der Waals surface area contributed by atoms with Crippen LogP contribution in [-0.2, 0) is 4.79 Å². The molecule has 0 unspecified atom stereocenters. The van der Waals surface area contributed by atoms with Crippen LogP contribution in [0.5, 0.6) is 17.2 Å². The molecule has 0 aliphatic heterocycles. The molecule has 0 aromatic heterocycles. The summed E-state index contributed by atoms with van der Waals surface area (Å²) in [4.78, 5) is 23.0. The maximum atomic E-state index is 11.9. The smallest absolute Gasteiger partial charge is 0.337 e. The van der Waals surface area contributed by atoms with Gasteiger partial charge in [0.25, 0.3) is 0 Å². The van der Waals surface area contributed by atoms with Gasteiger partial charge in [-0.3, -0.25) is 4.79 Å². The number of hydrogen-bond acceptors (Lipinski definition) is 5. The minimum Gasteiger partial charge on any atom is -0.508 e. The number of phenols is 2. The summed E-state index contributed by atoms with van der Waals surface area (Å²) in [6, 6.07) is 8.16. The fourth-order valence-corrected chi connectivity index (χ4v) is 1.98. The van der Waals surface area contributed by atoms with Crippen LogP contribution < -0.4 is 10.1 Å². The molecule has 0 bridgehead atoms. The molecule has 0 radical (unpaired) electrons. The Labute approximate surface area is 137 Å². The van der Waals surface area contributed by atoms with Crippen LogP contribution >= 0.6 is 0 Å². The minimum absolute atomic E-state index is 0.0188. The normalized spacial score (nSPS) is 10.5. The highest BCUT2D eigenvalue weighted by atomic mass is 16.5. The number of rotatable bonds is 5. The minimum atomic E-state index is -1.23. The number of nitrogens with one attached hydrogen (secondary N) is 1. The van der Waals surface area contributed by atoms with Crippen molar-refractivity contribution in [3.05, 3.63) is 53.6 Å². The third-order valence-corrected chi connectivity index (χ3v) is 3.12. The van der Waals surface area contributed by atoms with Gasteiger partial charge in [-0.2, -0.15) is 0 Å². The third kappa shape index (κ3) is 4.04. The van der Waals surface area contributed by atoms with E-state index in [0.29, 0.717) is 11.3 Å². The van der Waals surface area contributed by atoms with Crippen LogP contribution in [0.25, 0.3) is 6.08 Å². The van der Waals surface area contributed by atoms with E-state index >= 15 is 0 Å². The largest absolute Gasteiger partial charge is 0.508 e. The maximum absolute atomic E-state index is 11.9. The summed E-state index contributed by atoms with van der Waals surface area (Å²) in [6.07, 6.45) is 2.62. The number of aromatic carboxylic acids is 1. The summed E-state index contributed by atoms with van der Waals surface area (Å²) < 4.78 is 4.92. The number of methoxy groups -OCH3 is 1. The van der Waals surface area contributed by atoms with Crippen molar-refractivity contribution < 1.29 is 29.6 Å². The van der Waals surface area contributed by atoms with Crippen molar-refractivity contribution in [1.29, 1.82) is 0 Å². The van der Waals surface area contributed by atoms with E-state index < -0.39 is 11.9 Å². The summed E-state index contributed by atoms with van der Waals surface area (Å²) in [7, 11) is 1.42. The second kappa shape index (κ2) is 7.19. The van der Waals surface area contributed by atoms with E-state index in [1.54, 1.807) is 12.1 Å². The lowest BCUT2D eigenvalue weighted by molar-refractivity contribution is -0.111. The first-order chi connectivity index (χ1) is 11.4. The molecule has 0 fully saturated rings. The molecule has 7 nitrogen and oxygen atoms in total. The molecule has 0 saturated heterocycles. The Morgan fingerprint density at radius 2 is 1.88 bits per heavy atom. The van der Waals surface area contributed by atoms with Crippen LogP contribution in [0.3, 0.4) is 0 Å². The molecule has 2 rings (SSSR count). The topological polar surface area (TPSA) is 116 Å². The van der Waals surface area contributed by atoms with Gasteiger partial charge in [-0.05, 0) is 35.9 Å². The highest BCUT2D eigenvalue weighted by Gasteiger charge is 2.12. The second-order valence-corrected chi connectivity index (χ2v) is 4.79. The Bertz CT molecular complexity index is 813. The van der Waals surface area contributed by atoms with Gasteiger partial charge >= 0.3 is 5.97 Å². The number of carbonyl (C=O) groups is 2. The first kappa shape index (κ1) is 16.9. The van der Waals surface area contributed by atoms with Crippen LogP contribution in [0.15, 0.2) is 42.5 Å². The van der Waals surface area contributed by atoms with Gasteiger partial charge in [-0.1, -0.05) is 6.07 Å². The number of phenolic OH excluding ortho intramolecular Hbond substituents is 2. The molecule has 2 aromatic carbocycles. The van der Waals surface area contributed by atoms with Gasteiger partial charge < -0.3 is 25.4 Å². The van der Waals surface area contributed by atoms with E-state index in [1.807, 2.05) is 0 Å². The number of aromatic hydroxyl groups is 2. The zero-order valence-corrected chi connectivity index (χ0v) is 12.7. The molecule has 0 saturated carbocycles. The van der Waals surface area contributed by atoms with Crippen LogP contribution in [0.4, 0.5) is 5.69 Å². The van der Waals surface area contributed by atoms with E-state index in [9.17, 15) is 19.8 Å². The molecular weight excluding hydrogens is 314 g/mol. The van der Waals surface area contributed by atoms with Gasteiger partial charge in [0.2, 0.25) is 5.91 Å². The number of carboxylic acid groups (broad SMARTS) is 1. The molecule has 24 heavy (non-hydrogen) atoms. The summed E-state index contributed by atoms with van der Waals surface area (Å²) in [6.45, 7) is 0. The van der Waals surface area contributed by atoms with Crippen molar-refractivity contribution in [1.82, 2.24) is 0 Å². The van der Waals surface area contributed by atoms with Gasteiger partial charge in [0.1, 0.15) is 5.75 Å². The van der Waals surface area contributed by atoms with E-state index in [2.05, 4.69) is 5.32 Å². The fraction of sp³-hybridized carbons (Fsp3) is 0.0588. The number of carbonyl (C=O) groups excluding carboxylic acids is 1. The first-order valence-corrected chi connectivity index (χ1v) is 6.83. The van der Waals surface area contributed by atoms with E-state index in [1.165, 1.54) is 37.5 Å². The monoisotopic (exact) mass is 329 g/mol. The van der Waals surface area contributed by atoms with E-state index in [0.717, 1.165) is 6.07 Å². The molecule has 0 atom stereocenters. The summed E-state index contributed by atoms with van der Waals surface area (Å²) in [5.74, 6) is -1.74. The molecule has 0 spiro atoms. The number of benzene rings is 2. The molecule has 2 aromatic rings. The van der Waals surface area contributed by atoms with Crippen molar-refractivity contribution in [2.45, 2.75) is 0 Å². The average molecular weight is 329 g/mol. The highest BCUT2D eigenvalue weighted by molar-refractivity contribution is 6.06. The number of hydrogen-bond donors (Lipinski definition) is 4. The molecular formula is C17H15NO6. The Morgan fingerprint density at radius 3 is 2.50 bits per heavy atom. The zero-order valence-electron chi connectivity index (χ0n) is 12.7. The van der Waals surface area contributed by atoms with E-state index in [-0.39, 0.29) is 22.7 Å². The van der Waals surface area contributed by atoms with Crippen LogP contribution in [0.2, 0.25) is 0 Å². The highest BCUT2D eigenvalue weighted by Crippen LogP contribution is 2.26. The quantitative estimate of drug-likeness (QED) is 0.626. The lowest BCUT2D eigenvalue weighted by atomic mass is 10.1. The SMILES string of the molecule is COc1ccc(/C=C/C(=O)Nc2cc(O)ccc2C(=O)O)cc1O. The lowest BCUT2D eigenvalue weighted by Gasteiger charge is -2.07. The first-order valence-electron chi connectivity index (χ1n) is 6.83. The molecule has 124 valence electrons. The number of carboxylic acids is 1. The molecule has 7 heteroatoms. The van der Waals surface area contributed by atoms with Crippen LogP contribution in [0, 0.1) is 0 Å². The summed E-state index contributed by atoms with van der Waals surface area (Å²) in [5, 5.41) is 30.5. The Balaban J connectivity index is 2.15. The Kier molecular flexibility index (Phi) is 5.06. The maximum Gasteiger partial charge on any atom is 0.337 e. The van der Waals surface area contributed by atoms with Crippen LogP contribution in [0.1, 0.15) is 15.9 Å². The molecule has 4 N–H and O–H groups in total. The van der Waals surface area contributed by atoms with Gasteiger partial charge in [-0.25, -0.2) is 4.79 Å². The summed E-state index contributed by atoms with van der Waals surface area (Å²) >= 11 is 0. The standard InChI is InChI=1S/C17H15NO6/c1-24-15-6-2-10(8-14(15)20)3-7-16(21)18-13-9-11(19)4-5-12(13)17(22)23/h2-9,19-20H,1H3,(H,18,21)(H,22,23)/b7-3+. The fourth-order valence-electron chi connectivity index (χ4n) is 1.98. The molecule has 0 aliphatic rings. The van der Waals surface area contributed by atoms with Crippen molar-refractivity contribution in [3.63, 3.8) is 0 Å². The summed E-state index contributed by atoms with van der Waals surface area (Å²) in [5.41, 5.74) is 0.393. The second-order valence-electron chi connectivity index (χ2n) is 4.79. The van der Waals surface area contributed by atoms with Crippen LogP contribution in [-0.4, -0.2) is 34.3 Å². The molecule has 0 aliphatic carbocycles. The van der Waals surface area contributed by atoms with Gasteiger partial charge in [-0.15, -0.1) is 0 Å².